The summed E-state index contributed by atoms with van der Waals surface area (Å²) >= 11 is 0. The second kappa shape index (κ2) is 11.5. The zero-order valence-electron chi connectivity index (χ0n) is 21.2. The van der Waals surface area contributed by atoms with Crippen LogP contribution in [-0.2, 0) is 20.7 Å². The van der Waals surface area contributed by atoms with Crippen LogP contribution < -0.4 is 10.6 Å². The molecule has 7 nitrogen and oxygen atoms in total. The fraction of sp³-hybridized carbons (Fsp3) is 0.654. The summed E-state index contributed by atoms with van der Waals surface area (Å²) in [4.78, 5) is 41.0. The van der Waals surface area contributed by atoms with Crippen molar-refractivity contribution < 1.29 is 19.1 Å². The highest BCUT2D eigenvalue weighted by molar-refractivity contribution is 5.92. The summed E-state index contributed by atoms with van der Waals surface area (Å²) in [6.07, 6.45) is 3.75. The molecule has 0 saturated heterocycles. The summed E-state index contributed by atoms with van der Waals surface area (Å²) < 4.78 is 5.31. The predicted octanol–water partition coefficient (Wildman–Crippen LogP) is 4.50. The number of nitrogens with zero attached hydrogens (tertiary/aromatic N) is 1. The van der Waals surface area contributed by atoms with Crippen LogP contribution in [0, 0.1) is 0 Å². The second-order valence-electron chi connectivity index (χ2n) is 10.0. The van der Waals surface area contributed by atoms with Gasteiger partial charge in [0.1, 0.15) is 17.7 Å². The predicted molar refractivity (Wildman–Crippen MR) is 130 cm³/mol. The Morgan fingerprint density at radius 3 is 2.15 bits per heavy atom. The molecule has 0 spiro atoms. The van der Waals surface area contributed by atoms with Gasteiger partial charge in [0.2, 0.25) is 11.8 Å². The van der Waals surface area contributed by atoms with Crippen molar-refractivity contribution in [1.29, 1.82) is 0 Å². The van der Waals surface area contributed by atoms with E-state index in [4.69, 9.17) is 4.74 Å². The number of amides is 3. The molecule has 3 atom stereocenters. The summed E-state index contributed by atoms with van der Waals surface area (Å²) in [7, 11) is 0. The third kappa shape index (κ3) is 8.06. The van der Waals surface area contributed by atoms with Gasteiger partial charge in [-0.25, -0.2) is 4.79 Å². The minimum absolute atomic E-state index is 0.00776. The summed E-state index contributed by atoms with van der Waals surface area (Å²) in [5, 5.41) is 5.73. The maximum absolute atomic E-state index is 13.6. The van der Waals surface area contributed by atoms with E-state index in [1.54, 1.807) is 32.6 Å². The summed E-state index contributed by atoms with van der Waals surface area (Å²) in [6.45, 7) is 13.1. The van der Waals surface area contributed by atoms with Gasteiger partial charge in [-0.15, -0.1) is 0 Å². The first kappa shape index (κ1) is 26.7. The maximum Gasteiger partial charge on any atom is 0.408 e. The van der Waals surface area contributed by atoms with E-state index in [0.29, 0.717) is 0 Å². The van der Waals surface area contributed by atoms with E-state index in [1.807, 2.05) is 31.2 Å². The Bertz CT molecular complexity index is 812. The highest BCUT2D eigenvalue weighted by atomic mass is 16.6. The summed E-state index contributed by atoms with van der Waals surface area (Å²) in [6, 6.07) is 6.28. The lowest BCUT2D eigenvalue weighted by molar-refractivity contribution is -0.143. The van der Waals surface area contributed by atoms with Gasteiger partial charge >= 0.3 is 6.09 Å². The van der Waals surface area contributed by atoms with Crippen molar-refractivity contribution in [3.63, 3.8) is 0 Å². The number of rotatable bonds is 10. The van der Waals surface area contributed by atoms with Gasteiger partial charge in [0.25, 0.3) is 0 Å². The molecule has 0 radical (unpaired) electrons. The summed E-state index contributed by atoms with van der Waals surface area (Å²) in [5.41, 5.74) is 1.28. The highest BCUT2D eigenvalue weighted by Crippen LogP contribution is 2.35. The van der Waals surface area contributed by atoms with Crippen LogP contribution in [0.3, 0.4) is 0 Å². The molecule has 1 fully saturated rings. The van der Waals surface area contributed by atoms with Crippen molar-refractivity contribution in [2.75, 3.05) is 0 Å². The van der Waals surface area contributed by atoms with Crippen LogP contribution in [0.25, 0.3) is 0 Å². The average Bonchev–Trinajstić information content (AvgIpc) is 3.55. The number of alkyl carbamates (subject to hydrolysis) is 1. The highest BCUT2D eigenvalue weighted by Gasteiger charge is 2.43. The van der Waals surface area contributed by atoms with Crippen molar-refractivity contribution in [3.8, 4) is 0 Å². The Morgan fingerprint density at radius 2 is 1.67 bits per heavy atom. The lowest BCUT2D eigenvalue weighted by Gasteiger charge is -2.34. The molecule has 3 amide bonds. The Morgan fingerprint density at radius 1 is 1.06 bits per heavy atom. The number of aryl methyl sites for hydroxylation is 1. The third-order valence-electron chi connectivity index (χ3n) is 5.64. The standard InChI is InChI=1S/C26H41N3O4/c1-8-10-17(3)27-23(30)22(20-13-11-19(9-2)12-14-20)29(21-15-16-21)24(31)18(4)28-25(32)33-26(5,6)7/h11-14,17-18,21-22H,8-10,15-16H2,1-7H3,(H,27,30)(H,28,32). The van der Waals surface area contributed by atoms with Gasteiger partial charge in [0.05, 0.1) is 0 Å². The van der Waals surface area contributed by atoms with Gasteiger partial charge in [-0.2, -0.15) is 0 Å². The summed E-state index contributed by atoms with van der Waals surface area (Å²) in [5.74, 6) is -0.476. The van der Waals surface area contributed by atoms with Crippen molar-refractivity contribution in [2.45, 2.75) is 110 Å². The van der Waals surface area contributed by atoms with Gasteiger partial charge in [-0.05, 0) is 71.4 Å². The SMILES string of the molecule is CCCC(C)NC(=O)C(c1ccc(CC)cc1)N(C(=O)C(C)NC(=O)OC(C)(C)C)C1CC1. The van der Waals surface area contributed by atoms with E-state index in [-0.39, 0.29) is 23.9 Å². The van der Waals surface area contributed by atoms with Crippen LogP contribution in [0.5, 0.6) is 0 Å². The molecule has 1 saturated carbocycles. The van der Waals surface area contributed by atoms with Gasteiger partial charge < -0.3 is 20.3 Å². The minimum atomic E-state index is -0.821. The van der Waals surface area contributed by atoms with Crippen molar-refractivity contribution in [3.05, 3.63) is 35.4 Å². The van der Waals surface area contributed by atoms with Gasteiger partial charge in [-0.3, -0.25) is 9.59 Å². The van der Waals surface area contributed by atoms with Gasteiger partial charge in [0, 0.05) is 12.1 Å². The number of hydrogen-bond acceptors (Lipinski definition) is 4. The lowest BCUT2D eigenvalue weighted by Crippen LogP contribution is -2.53. The smallest absolute Gasteiger partial charge is 0.408 e. The zero-order chi connectivity index (χ0) is 24.8. The molecule has 1 aliphatic carbocycles. The van der Waals surface area contributed by atoms with Crippen molar-refractivity contribution >= 4 is 17.9 Å². The maximum atomic E-state index is 13.6. The van der Waals surface area contributed by atoms with E-state index in [2.05, 4.69) is 24.5 Å². The fourth-order valence-electron chi connectivity index (χ4n) is 3.84. The molecular weight excluding hydrogens is 418 g/mol. The largest absolute Gasteiger partial charge is 0.444 e. The normalized spacial score (nSPS) is 16.3. The molecule has 3 unspecified atom stereocenters. The number of nitrogens with one attached hydrogen (secondary N) is 2. The quantitative estimate of drug-likeness (QED) is 0.539. The zero-order valence-corrected chi connectivity index (χ0v) is 21.2. The van der Waals surface area contributed by atoms with Crippen LogP contribution in [0.15, 0.2) is 24.3 Å². The van der Waals surface area contributed by atoms with Crippen molar-refractivity contribution in [1.82, 2.24) is 15.5 Å². The van der Waals surface area contributed by atoms with Crippen LogP contribution in [0.1, 0.15) is 91.3 Å². The monoisotopic (exact) mass is 459 g/mol. The minimum Gasteiger partial charge on any atom is -0.444 e. The first-order valence-corrected chi connectivity index (χ1v) is 12.2. The number of benzene rings is 1. The second-order valence-corrected chi connectivity index (χ2v) is 10.0. The molecule has 0 aromatic heterocycles. The molecular formula is C26H41N3O4. The Hall–Kier alpha value is -2.57. The van der Waals surface area contributed by atoms with E-state index in [1.165, 1.54) is 5.56 Å². The number of carbonyl (C=O) groups is 3. The number of ether oxygens (including phenoxy) is 1. The van der Waals surface area contributed by atoms with E-state index >= 15 is 0 Å². The molecule has 1 aliphatic rings. The topological polar surface area (TPSA) is 87.7 Å². The fourth-order valence-corrected chi connectivity index (χ4v) is 3.84. The Balaban J connectivity index is 2.32. The van der Waals surface area contributed by atoms with Crippen LogP contribution >= 0.6 is 0 Å². The first-order valence-electron chi connectivity index (χ1n) is 12.2. The molecule has 184 valence electrons. The first-order chi connectivity index (χ1) is 15.5. The van der Waals surface area contributed by atoms with Gasteiger partial charge in [-0.1, -0.05) is 44.5 Å². The van der Waals surface area contributed by atoms with Gasteiger partial charge in [0.15, 0.2) is 0 Å². The van der Waals surface area contributed by atoms with E-state index in [9.17, 15) is 14.4 Å². The van der Waals surface area contributed by atoms with E-state index in [0.717, 1.165) is 37.7 Å². The molecule has 2 N–H and O–H groups in total. The van der Waals surface area contributed by atoms with Crippen LogP contribution in [-0.4, -0.2) is 46.5 Å². The number of carbonyl (C=O) groups excluding carboxylic acids is 3. The Kier molecular flexibility index (Phi) is 9.32. The molecule has 0 bridgehead atoms. The van der Waals surface area contributed by atoms with Crippen LogP contribution in [0.2, 0.25) is 0 Å². The molecule has 1 aromatic rings. The van der Waals surface area contributed by atoms with Crippen LogP contribution in [0.4, 0.5) is 4.79 Å². The average molecular weight is 460 g/mol. The molecule has 2 rings (SSSR count). The number of hydrogen-bond donors (Lipinski definition) is 2. The molecule has 33 heavy (non-hydrogen) atoms. The molecule has 7 heteroatoms. The third-order valence-corrected chi connectivity index (χ3v) is 5.64. The molecule has 0 heterocycles. The van der Waals surface area contributed by atoms with Crippen molar-refractivity contribution in [2.24, 2.45) is 0 Å². The molecule has 1 aromatic carbocycles. The Labute approximate surface area is 198 Å². The molecule has 0 aliphatic heterocycles. The lowest BCUT2D eigenvalue weighted by atomic mass is 10.00. The van der Waals surface area contributed by atoms with E-state index < -0.39 is 23.8 Å².